The van der Waals surface area contributed by atoms with E-state index in [1.54, 1.807) is 4.90 Å². The van der Waals surface area contributed by atoms with Crippen LogP contribution in [0.2, 0.25) is 0 Å². The number of nitrogens with two attached hydrogens (primary N) is 1. The van der Waals surface area contributed by atoms with Crippen molar-refractivity contribution in [1.29, 1.82) is 5.26 Å². The number of pyridine rings is 1. The summed E-state index contributed by atoms with van der Waals surface area (Å²) in [6.45, 7) is 0.911. The molecule has 0 bridgehead atoms. The summed E-state index contributed by atoms with van der Waals surface area (Å²) in [5.74, 6) is -1.90. The molecule has 9 heteroatoms. The van der Waals surface area contributed by atoms with Crippen molar-refractivity contribution in [2.45, 2.75) is 49.9 Å². The number of hydrogen-bond acceptors (Lipinski definition) is 5. The van der Waals surface area contributed by atoms with E-state index in [0.717, 1.165) is 37.9 Å². The standard InChI is InChI=1S/C22H22F2N4O3/c23-15-7-17(15)28-9-14(21(30)31)20(29)12-6-16(24)19(13(8-25)18(12)28)27-5-3-11-2-1-4-22(11,26)10-27/h6,9,11,15,17H,1-5,7,10,26H2,(H,30,31)/t11?,15?,17?,22-/m1/s1. The van der Waals surface area contributed by atoms with Crippen LogP contribution in [-0.2, 0) is 0 Å². The van der Waals surface area contributed by atoms with Crippen molar-refractivity contribution in [1.82, 2.24) is 4.57 Å². The van der Waals surface area contributed by atoms with Crippen LogP contribution in [0.4, 0.5) is 14.5 Å². The van der Waals surface area contributed by atoms with Crippen molar-refractivity contribution in [3.05, 3.63) is 39.4 Å². The highest BCUT2D eigenvalue weighted by molar-refractivity contribution is 5.96. The van der Waals surface area contributed by atoms with Gasteiger partial charge in [0.25, 0.3) is 0 Å². The summed E-state index contributed by atoms with van der Waals surface area (Å²) >= 11 is 0. The summed E-state index contributed by atoms with van der Waals surface area (Å²) in [5, 5.41) is 19.2. The molecule has 1 saturated heterocycles. The topological polar surface area (TPSA) is 112 Å². The molecule has 1 aromatic heterocycles. The van der Waals surface area contributed by atoms with Crippen LogP contribution >= 0.6 is 0 Å². The van der Waals surface area contributed by atoms with Gasteiger partial charge in [0, 0.05) is 31.2 Å². The molecule has 0 spiro atoms. The Labute approximate surface area is 176 Å². The molecule has 1 aromatic carbocycles. The maximum atomic E-state index is 15.4. The van der Waals surface area contributed by atoms with Crippen molar-refractivity contribution in [3.8, 4) is 6.07 Å². The molecule has 2 saturated carbocycles. The number of benzene rings is 1. The summed E-state index contributed by atoms with van der Waals surface area (Å²) < 4.78 is 30.6. The molecule has 7 nitrogen and oxygen atoms in total. The van der Waals surface area contributed by atoms with Gasteiger partial charge in [0.1, 0.15) is 29.2 Å². The summed E-state index contributed by atoms with van der Waals surface area (Å²) in [4.78, 5) is 26.1. The molecule has 0 radical (unpaired) electrons. The van der Waals surface area contributed by atoms with Crippen LogP contribution < -0.4 is 16.1 Å². The van der Waals surface area contributed by atoms with E-state index in [1.165, 1.54) is 4.57 Å². The number of nitriles is 1. The number of rotatable bonds is 3. The van der Waals surface area contributed by atoms with Crippen LogP contribution in [0.25, 0.3) is 10.9 Å². The zero-order chi connectivity index (χ0) is 22.1. The minimum absolute atomic E-state index is 0.0532. The number of aromatic nitrogens is 1. The van der Waals surface area contributed by atoms with E-state index in [-0.39, 0.29) is 28.6 Å². The highest BCUT2D eigenvalue weighted by Crippen LogP contribution is 2.45. The van der Waals surface area contributed by atoms with Crippen LogP contribution in [0.15, 0.2) is 17.1 Å². The third kappa shape index (κ3) is 2.92. The van der Waals surface area contributed by atoms with Crippen molar-refractivity contribution in [2.24, 2.45) is 11.7 Å². The van der Waals surface area contributed by atoms with E-state index in [9.17, 15) is 24.3 Å². The molecule has 2 aliphatic carbocycles. The Morgan fingerprint density at radius 1 is 1.39 bits per heavy atom. The number of halogens is 2. The summed E-state index contributed by atoms with van der Waals surface area (Å²) in [6, 6.07) is 2.31. The van der Waals surface area contributed by atoms with Crippen LogP contribution in [0.1, 0.15) is 54.1 Å². The van der Waals surface area contributed by atoms with Crippen molar-refractivity contribution >= 4 is 22.6 Å². The third-order valence-electron chi connectivity index (χ3n) is 7.18. The number of carboxylic acid groups (broad SMARTS) is 1. The number of carboxylic acids is 1. The number of anilines is 1. The first-order valence-electron chi connectivity index (χ1n) is 10.5. The fourth-order valence-corrected chi connectivity index (χ4v) is 5.49. The first-order chi connectivity index (χ1) is 14.7. The Balaban J connectivity index is 1.75. The van der Waals surface area contributed by atoms with E-state index in [4.69, 9.17) is 5.73 Å². The first-order valence-corrected chi connectivity index (χ1v) is 10.5. The van der Waals surface area contributed by atoms with E-state index < -0.39 is 40.5 Å². The van der Waals surface area contributed by atoms with E-state index >= 15 is 4.39 Å². The zero-order valence-electron chi connectivity index (χ0n) is 16.8. The molecule has 3 fully saturated rings. The second-order valence-corrected chi connectivity index (χ2v) is 9.03. The van der Waals surface area contributed by atoms with Crippen LogP contribution in [0, 0.1) is 23.1 Å². The average molecular weight is 428 g/mol. The highest BCUT2D eigenvalue weighted by Gasteiger charge is 2.45. The molecule has 2 aromatic rings. The molecular weight excluding hydrogens is 406 g/mol. The Morgan fingerprint density at radius 2 is 2.13 bits per heavy atom. The molecular formula is C22H22F2N4O3. The minimum atomic E-state index is -1.48. The largest absolute Gasteiger partial charge is 0.477 e. The third-order valence-corrected chi connectivity index (χ3v) is 7.18. The number of hydrogen-bond donors (Lipinski definition) is 2. The van der Waals surface area contributed by atoms with Crippen LogP contribution in [0.3, 0.4) is 0 Å². The molecule has 0 amide bonds. The Kier molecular flexibility index (Phi) is 4.35. The number of alkyl halides is 1. The molecule has 3 unspecified atom stereocenters. The smallest absolute Gasteiger partial charge is 0.341 e. The van der Waals surface area contributed by atoms with E-state index in [0.29, 0.717) is 19.0 Å². The first kappa shape index (κ1) is 19.9. The maximum absolute atomic E-state index is 15.4. The molecule has 3 aliphatic rings. The lowest BCUT2D eigenvalue weighted by Gasteiger charge is -2.44. The lowest BCUT2D eigenvalue weighted by Crippen LogP contribution is -2.57. The molecule has 31 heavy (non-hydrogen) atoms. The van der Waals surface area contributed by atoms with Gasteiger partial charge in [-0.2, -0.15) is 5.26 Å². The number of aromatic carboxylic acids is 1. The van der Waals surface area contributed by atoms with Gasteiger partial charge in [-0.05, 0) is 31.2 Å². The Morgan fingerprint density at radius 3 is 2.77 bits per heavy atom. The molecule has 5 rings (SSSR count). The van der Waals surface area contributed by atoms with Gasteiger partial charge in [0.05, 0.1) is 22.6 Å². The quantitative estimate of drug-likeness (QED) is 0.777. The minimum Gasteiger partial charge on any atom is -0.477 e. The SMILES string of the molecule is N#Cc1c(N2CCC3CCC[C@@]3(N)C2)c(F)cc2c(=O)c(C(=O)O)cn(C3CC3F)c12. The van der Waals surface area contributed by atoms with Crippen LogP contribution in [0.5, 0.6) is 0 Å². The fourth-order valence-electron chi connectivity index (χ4n) is 5.49. The lowest BCUT2D eigenvalue weighted by atomic mass is 9.81. The molecule has 3 N–H and O–H groups in total. The second-order valence-electron chi connectivity index (χ2n) is 9.03. The lowest BCUT2D eigenvalue weighted by molar-refractivity contribution is 0.0694. The normalized spacial score (nSPS) is 29.6. The average Bonchev–Trinajstić information content (AvgIpc) is 3.31. The van der Waals surface area contributed by atoms with Gasteiger partial charge >= 0.3 is 5.97 Å². The van der Waals surface area contributed by atoms with E-state index in [2.05, 4.69) is 0 Å². The Hall–Kier alpha value is -2.99. The number of fused-ring (bicyclic) bond motifs is 2. The van der Waals surface area contributed by atoms with Crippen LogP contribution in [-0.4, -0.2) is 40.4 Å². The molecule has 1 aliphatic heterocycles. The van der Waals surface area contributed by atoms with Gasteiger partial charge in [-0.15, -0.1) is 0 Å². The predicted octanol–water partition coefficient (Wildman–Crippen LogP) is 2.70. The highest BCUT2D eigenvalue weighted by atomic mass is 19.1. The maximum Gasteiger partial charge on any atom is 0.341 e. The van der Waals surface area contributed by atoms with Gasteiger partial charge in [-0.1, -0.05) is 6.42 Å². The van der Waals surface area contributed by atoms with Gasteiger partial charge in [-0.3, -0.25) is 4.79 Å². The van der Waals surface area contributed by atoms with Crippen molar-refractivity contribution in [2.75, 3.05) is 18.0 Å². The Bertz CT molecular complexity index is 1220. The fraction of sp³-hybridized carbons (Fsp3) is 0.500. The summed E-state index contributed by atoms with van der Waals surface area (Å²) in [6.07, 6.45) is 3.65. The monoisotopic (exact) mass is 428 g/mol. The summed E-state index contributed by atoms with van der Waals surface area (Å²) in [5.41, 5.74) is 4.75. The molecule has 4 atom stereocenters. The molecule has 2 heterocycles. The molecule has 162 valence electrons. The number of nitrogens with zero attached hydrogens (tertiary/aromatic N) is 3. The van der Waals surface area contributed by atoms with Gasteiger partial charge in [0.2, 0.25) is 5.43 Å². The predicted molar refractivity (Wildman–Crippen MR) is 109 cm³/mol. The zero-order valence-corrected chi connectivity index (χ0v) is 16.8. The van der Waals surface area contributed by atoms with Gasteiger partial charge < -0.3 is 20.3 Å². The summed E-state index contributed by atoms with van der Waals surface area (Å²) in [7, 11) is 0. The van der Waals surface area contributed by atoms with Gasteiger partial charge in [0.15, 0.2) is 0 Å². The van der Waals surface area contributed by atoms with Crippen molar-refractivity contribution < 1.29 is 18.7 Å². The van der Waals surface area contributed by atoms with E-state index in [1.807, 2.05) is 6.07 Å². The second kappa shape index (κ2) is 6.76. The number of piperidine rings is 1. The number of carbonyl (C=O) groups is 1. The van der Waals surface area contributed by atoms with Crippen molar-refractivity contribution in [3.63, 3.8) is 0 Å². The van der Waals surface area contributed by atoms with Gasteiger partial charge in [-0.25, -0.2) is 13.6 Å².